The standard InChI is InChI=1S/C32H54O5/c1-8-9-20-32-26(5)25(4)28(33)22-27(32)16-21-31(7,37-32)19-12-18-30(6,36)17-11-14-23(2)13-10-15-24(3)29(34)35/h13,22,24,28,33,36H,8-12,14-21H2,1-7H3,(H,34,35)/b23-13+. The van der Waals surface area contributed by atoms with Crippen molar-refractivity contribution < 1.29 is 24.9 Å². The lowest BCUT2D eigenvalue weighted by Crippen LogP contribution is -2.51. The summed E-state index contributed by atoms with van der Waals surface area (Å²) in [5.74, 6) is -1.04. The summed E-state index contributed by atoms with van der Waals surface area (Å²) in [6, 6.07) is 0. The maximum Gasteiger partial charge on any atom is 0.306 e. The van der Waals surface area contributed by atoms with Gasteiger partial charge in [-0.2, -0.15) is 0 Å². The summed E-state index contributed by atoms with van der Waals surface area (Å²) in [6.45, 7) is 14.4. The second-order valence-corrected chi connectivity index (χ2v) is 12.5. The van der Waals surface area contributed by atoms with Crippen molar-refractivity contribution in [2.45, 2.75) is 155 Å². The van der Waals surface area contributed by atoms with E-state index in [2.05, 4.69) is 33.8 Å². The molecular weight excluding hydrogens is 464 g/mol. The summed E-state index contributed by atoms with van der Waals surface area (Å²) in [6.07, 6.45) is 15.4. The van der Waals surface area contributed by atoms with Crippen molar-refractivity contribution in [1.29, 1.82) is 0 Å². The molecule has 1 saturated heterocycles. The molecule has 1 heterocycles. The van der Waals surface area contributed by atoms with Gasteiger partial charge in [-0.05, 0) is 128 Å². The van der Waals surface area contributed by atoms with E-state index in [1.807, 2.05) is 19.9 Å². The summed E-state index contributed by atoms with van der Waals surface area (Å²) in [4.78, 5) is 11.0. The van der Waals surface area contributed by atoms with E-state index in [1.165, 1.54) is 16.7 Å². The van der Waals surface area contributed by atoms with E-state index in [1.54, 1.807) is 6.92 Å². The van der Waals surface area contributed by atoms with Crippen LogP contribution in [0.2, 0.25) is 0 Å². The first kappa shape index (κ1) is 31.8. The van der Waals surface area contributed by atoms with Crippen LogP contribution in [0, 0.1) is 5.92 Å². The molecular formula is C32H54O5. The third kappa shape index (κ3) is 8.80. The topological polar surface area (TPSA) is 87.0 Å². The summed E-state index contributed by atoms with van der Waals surface area (Å²) in [5, 5.41) is 30.6. The Morgan fingerprint density at radius 3 is 2.57 bits per heavy atom. The van der Waals surface area contributed by atoms with E-state index in [0.29, 0.717) is 6.42 Å². The van der Waals surface area contributed by atoms with Crippen LogP contribution in [0.5, 0.6) is 0 Å². The van der Waals surface area contributed by atoms with Gasteiger partial charge in [0.1, 0.15) is 5.60 Å². The fourth-order valence-electron chi connectivity index (χ4n) is 6.05. The first-order valence-corrected chi connectivity index (χ1v) is 14.6. The van der Waals surface area contributed by atoms with Gasteiger partial charge in [-0.15, -0.1) is 0 Å². The molecule has 5 atom stereocenters. The smallest absolute Gasteiger partial charge is 0.306 e. The average molecular weight is 519 g/mol. The van der Waals surface area contributed by atoms with Crippen LogP contribution in [0.4, 0.5) is 0 Å². The molecule has 1 aliphatic heterocycles. The minimum Gasteiger partial charge on any atom is -0.481 e. The average Bonchev–Trinajstić information content (AvgIpc) is 2.82. The fourth-order valence-corrected chi connectivity index (χ4v) is 6.05. The monoisotopic (exact) mass is 518 g/mol. The summed E-state index contributed by atoms with van der Waals surface area (Å²) < 4.78 is 7.03. The van der Waals surface area contributed by atoms with Gasteiger partial charge in [0.2, 0.25) is 0 Å². The van der Waals surface area contributed by atoms with Gasteiger partial charge in [-0.1, -0.05) is 38.3 Å². The second kappa shape index (κ2) is 13.6. The van der Waals surface area contributed by atoms with Crippen LogP contribution in [0.1, 0.15) is 132 Å². The van der Waals surface area contributed by atoms with Gasteiger partial charge in [0.25, 0.3) is 0 Å². The Balaban J connectivity index is 1.88. The first-order valence-electron chi connectivity index (χ1n) is 14.6. The lowest BCUT2D eigenvalue weighted by molar-refractivity contribution is -0.147. The number of carboxylic acid groups (broad SMARTS) is 1. The van der Waals surface area contributed by atoms with Crippen LogP contribution in [-0.2, 0) is 9.53 Å². The van der Waals surface area contributed by atoms with Gasteiger partial charge in [0.15, 0.2) is 0 Å². The van der Waals surface area contributed by atoms with Gasteiger partial charge in [-0.25, -0.2) is 0 Å². The number of hydrogen-bond acceptors (Lipinski definition) is 4. The van der Waals surface area contributed by atoms with Crippen LogP contribution in [0.25, 0.3) is 0 Å². The minimum atomic E-state index is -0.734. The van der Waals surface area contributed by atoms with E-state index in [0.717, 1.165) is 82.6 Å². The molecule has 5 nitrogen and oxygen atoms in total. The van der Waals surface area contributed by atoms with E-state index in [4.69, 9.17) is 9.84 Å². The fraction of sp³-hybridized carbons (Fsp3) is 0.781. The second-order valence-electron chi connectivity index (χ2n) is 12.5. The van der Waals surface area contributed by atoms with E-state index >= 15 is 0 Å². The van der Waals surface area contributed by atoms with Crippen molar-refractivity contribution in [3.63, 3.8) is 0 Å². The molecule has 2 rings (SSSR count). The zero-order valence-electron chi connectivity index (χ0n) is 24.7. The van der Waals surface area contributed by atoms with Gasteiger partial charge < -0.3 is 20.1 Å². The Hall–Kier alpha value is -1.43. The Kier molecular flexibility index (Phi) is 11.7. The van der Waals surface area contributed by atoms with Crippen LogP contribution < -0.4 is 0 Å². The van der Waals surface area contributed by atoms with Crippen molar-refractivity contribution in [3.8, 4) is 0 Å². The van der Waals surface area contributed by atoms with E-state index in [-0.39, 0.29) is 17.1 Å². The lowest BCUT2D eigenvalue weighted by atomic mass is 9.69. The number of unbranched alkanes of at least 4 members (excludes halogenated alkanes) is 1. The predicted molar refractivity (Wildman–Crippen MR) is 152 cm³/mol. The van der Waals surface area contributed by atoms with E-state index < -0.39 is 17.7 Å². The Morgan fingerprint density at radius 1 is 1.24 bits per heavy atom. The maximum absolute atomic E-state index is 11.0. The van der Waals surface area contributed by atoms with E-state index in [9.17, 15) is 15.0 Å². The highest BCUT2D eigenvalue weighted by molar-refractivity contribution is 5.69. The minimum absolute atomic E-state index is 0.239. The van der Waals surface area contributed by atoms with Gasteiger partial charge in [0.05, 0.1) is 23.2 Å². The lowest BCUT2D eigenvalue weighted by Gasteiger charge is -2.52. The van der Waals surface area contributed by atoms with Gasteiger partial charge in [-0.3, -0.25) is 4.79 Å². The third-order valence-corrected chi connectivity index (χ3v) is 8.97. The zero-order valence-corrected chi connectivity index (χ0v) is 24.7. The molecule has 212 valence electrons. The van der Waals surface area contributed by atoms with Crippen molar-refractivity contribution in [3.05, 3.63) is 34.4 Å². The Morgan fingerprint density at radius 2 is 1.92 bits per heavy atom. The number of aliphatic hydroxyl groups is 2. The molecule has 1 aliphatic carbocycles. The molecule has 3 N–H and O–H groups in total. The van der Waals surface area contributed by atoms with Crippen LogP contribution in [0.15, 0.2) is 34.4 Å². The largest absolute Gasteiger partial charge is 0.481 e. The summed E-state index contributed by atoms with van der Waals surface area (Å²) in [5.41, 5.74) is 3.40. The third-order valence-electron chi connectivity index (χ3n) is 8.97. The highest BCUT2D eigenvalue weighted by atomic mass is 16.5. The molecule has 0 saturated carbocycles. The molecule has 0 amide bonds. The molecule has 0 aromatic heterocycles. The molecule has 2 aliphatic rings. The number of carbonyl (C=O) groups is 1. The van der Waals surface area contributed by atoms with Crippen molar-refractivity contribution in [2.24, 2.45) is 5.92 Å². The van der Waals surface area contributed by atoms with Crippen molar-refractivity contribution >= 4 is 5.97 Å². The maximum atomic E-state index is 11.0. The number of aliphatic hydroxyl groups excluding tert-OH is 1. The number of fused-ring (bicyclic) bond motifs is 1. The molecule has 0 aromatic rings. The number of allylic oxidation sites excluding steroid dienone is 2. The molecule has 37 heavy (non-hydrogen) atoms. The normalized spacial score (nSPS) is 28.9. The highest BCUT2D eigenvalue weighted by Gasteiger charge is 2.49. The number of aliphatic carboxylic acids is 1. The summed E-state index contributed by atoms with van der Waals surface area (Å²) in [7, 11) is 0. The highest BCUT2D eigenvalue weighted by Crippen LogP contribution is 2.51. The molecule has 0 spiro atoms. The van der Waals surface area contributed by atoms with Crippen LogP contribution in [0.3, 0.4) is 0 Å². The van der Waals surface area contributed by atoms with Gasteiger partial charge >= 0.3 is 5.97 Å². The summed E-state index contributed by atoms with van der Waals surface area (Å²) >= 11 is 0. The van der Waals surface area contributed by atoms with Crippen molar-refractivity contribution in [2.75, 3.05) is 0 Å². The SMILES string of the molecule is CCCCC12OC(C)(CCCC(C)(O)CCC/C(C)=C/CCC(C)C(=O)O)CCC1=CC(O)C(C)=C2C. The first-order chi connectivity index (χ1) is 17.3. The van der Waals surface area contributed by atoms with Crippen LogP contribution >= 0.6 is 0 Å². The molecule has 1 fully saturated rings. The van der Waals surface area contributed by atoms with Crippen molar-refractivity contribution in [1.82, 2.24) is 0 Å². The molecule has 5 unspecified atom stereocenters. The number of hydrogen-bond donors (Lipinski definition) is 3. The zero-order chi connectivity index (χ0) is 27.9. The van der Waals surface area contributed by atoms with Gasteiger partial charge in [0, 0.05) is 0 Å². The number of carboxylic acids is 1. The Labute approximate surface area is 226 Å². The molecule has 5 heteroatoms. The Bertz CT molecular complexity index is 866. The number of ether oxygens (including phenoxy) is 1. The molecule has 0 aromatic carbocycles. The quantitative estimate of drug-likeness (QED) is 0.194. The molecule has 0 radical (unpaired) electrons. The number of rotatable bonds is 15. The molecule has 0 bridgehead atoms. The van der Waals surface area contributed by atoms with Crippen LogP contribution in [-0.4, -0.2) is 44.2 Å². The predicted octanol–water partition coefficient (Wildman–Crippen LogP) is 7.66.